The summed E-state index contributed by atoms with van der Waals surface area (Å²) >= 11 is 0. The highest BCUT2D eigenvalue weighted by Gasteiger charge is 2.22. The van der Waals surface area contributed by atoms with E-state index in [0.717, 1.165) is 30.4 Å². The van der Waals surface area contributed by atoms with E-state index in [1.807, 2.05) is 47.8 Å². The lowest BCUT2D eigenvalue weighted by atomic mass is 10.2. The number of nitrogens with zero attached hydrogens (tertiary/aromatic N) is 5. The van der Waals surface area contributed by atoms with Crippen molar-refractivity contribution in [2.75, 3.05) is 31.5 Å². The summed E-state index contributed by atoms with van der Waals surface area (Å²) in [4.78, 5) is 21.1. The zero-order chi connectivity index (χ0) is 20.2. The standard InChI is InChI=1S/C21H26N6O2/c1-16-17(2)29-20(23-16)15-25-8-10-26(11-9-25)21(28)24-19-12-22-27(14-19)13-18-6-4-3-5-7-18/h3-7,12,14H,8-11,13,15H2,1-2H3,(H,24,28). The molecule has 0 saturated carbocycles. The fourth-order valence-electron chi connectivity index (χ4n) is 3.39. The van der Waals surface area contributed by atoms with Crippen LogP contribution in [0, 0.1) is 13.8 Å². The highest BCUT2D eigenvalue weighted by atomic mass is 16.4. The van der Waals surface area contributed by atoms with Gasteiger partial charge in [-0.25, -0.2) is 9.78 Å². The van der Waals surface area contributed by atoms with Crippen LogP contribution in [0.15, 0.2) is 47.1 Å². The average molecular weight is 394 g/mol. The first-order valence-electron chi connectivity index (χ1n) is 9.84. The Bertz CT molecular complexity index is 937. The number of carbonyl (C=O) groups is 1. The number of piperazine rings is 1. The maximum absolute atomic E-state index is 12.6. The monoisotopic (exact) mass is 394 g/mol. The topological polar surface area (TPSA) is 79.4 Å². The maximum Gasteiger partial charge on any atom is 0.322 e. The Morgan fingerprint density at radius 3 is 2.55 bits per heavy atom. The van der Waals surface area contributed by atoms with Crippen LogP contribution in [0.2, 0.25) is 0 Å². The lowest BCUT2D eigenvalue weighted by Gasteiger charge is -2.33. The van der Waals surface area contributed by atoms with Crippen LogP contribution >= 0.6 is 0 Å². The first-order valence-corrected chi connectivity index (χ1v) is 9.84. The Morgan fingerprint density at radius 2 is 1.86 bits per heavy atom. The van der Waals surface area contributed by atoms with Gasteiger partial charge in [0.05, 0.1) is 30.7 Å². The normalized spacial score (nSPS) is 14.9. The Kier molecular flexibility index (Phi) is 5.62. The van der Waals surface area contributed by atoms with Gasteiger partial charge >= 0.3 is 6.03 Å². The first kappa shape index (κ1) is 19.2. The van der Waals surface area contributed by atoms with Gasteiger partial charge in [0.15, 0.2) is 0 Å². The molecule has 1 aliphatic heterocycles. The fourth-order valence-corrected chi connectivity index (χ4v) is 3.39. The molecule has 152 valence electrons. The SMILES string of the molecule is Cc1nc(CN2CCN(C(=O)Nc3cnn(Cc4ccccc4)c3)CC2)oc1C. The number of oxazole rings is 1. The average Bonchev–Trinajstić information content (AvgIpc) is 3.28. The molecule has 1 fully saturated rings. The molecule has 2 amide bonds. The molecule has 1 aromatic carbocycles. The number of hydrogen-bond acceptors (Lipinski definition) is 5. The molecule has 8 nitrogen and oxygen atoms in total. The van der Waals surface area contributed by atoms with Gasteiger partial charge in [-0.3, -0.25) is 9.58 Å². The van der Waals surface area contributed by atoms with Crippen molar-refractivity contribution in [2.45, 2.75) is 26.9 Å². The molecule has 0 atom stereocenters. The number of amides is 2. The van der Waals surface area contributed by atoms with Crippen molar-refractivity contribution < 1.29 is 9.21 Å². The first-order chi connectivity index (χ1) is 14.1. The van der Waals surface area contributed by atoms with Gasteiger partial charge in [0.2, 0.25) is 5.89 Å². The molecule has 0 aliphatic carbocycles. The number of nitrogens with one attached hydrogen (secondary N) is 1. The Hall–Kier alpha value is -3.13. The van der Waals surface area contributed by atoms with Gasteiger partial charge in [-0.15, -0.1) is 0 Å². The maximum atomic E-state index is 12.6. The van der Waals surface area contributed by atoms with Gasteiger partial charge in [0.1, 0.15) is 5.76 Å². The summed E-state index contributed by atoms with van der Waals surface area (Å²) in [7, 11) is 0. The van der Waals surface area contributed by atoms with Gasteiger partial charge in [0.25, 0.3) is 0 Å². The highest BCUT2D eigenvalue weighted by molar-refractivity contribution is 5.89. The zero-order valence-corrected chi connectivity index (χ0v) is 16.8. The third kappa shape index (κ3) is 4.83. The molecule has 2 aromatic heterocycles. The minimum absolute atomic E-state index is 0.0910. The molecular formula is C21H26N6O2. The Balaban J connectivity index is 1.25. The second-order valence-electron chi connectivity index (χ2n) is 7.35. The van der Waals surface area contributed by atoms with Crippen LogP contribution in [-0.4, -0.2) is 56.8 Å². The van der Waals surface area contributed by atoms with E-state index in [1.165, 1.54) is 5.56 Å². The molecule has 3 heterocycles. The minimum Gasteiger partial charge on any atom is -0.444 e. The molecule has 0 spiro atoms. The van der Waals surface area contributed by atoms with Crippen LogP contribution in [0.5, 0.6) is 0 Å². The number of aryl methyl sites for hydroxylation is 2. The van der Waals surface area contributed by atoms with Crippen LogP contribution < -0.4 is 5.32 Å². The van der Waals surface area contributed by atoms with Crippen molar-refractivity contribution in [3.8, 4) is 0 Å². The lowest BCUT2D eigenvalue weighted by Crippen LogP contribution is -2.49. The smallest absolute Gasteiger partial charge is 0.322 e. The van der Waals surface area contributed by atoms with Gasteiger partial charge in [0, 0.05) is 32.4 Å². The van der Waals surface area contributed by atoms with E-state index in [0.29, 0.717) is 31.9 Å². The quantitative estimate of drug-likeness (QED) is 0.720. The molecule has 1 N–H and O–H groups in total. The largest absolute Gasteiger partial charge is 0.444 e. The molecule has 1 saturated heterocycles. The lowest BCUT2D eigenvalue weighted by molar-refractivity contribution is 0.135. The van der Waals surface area contributed by atoms with E-state index < -0.39 is 0 Å². The van der Waals surface area contributed by atoms with Gasteiger partial charge < -0.3 is 14.6 Å². The van der Waals surface area contributed by atoms with Crippen molar-refractivity contribution in [1.29, 1.82) is 0 Å². The highest BCUT2D eigenvalue weighted by Crippen LogP contribution is 2.14. The molecule has 0 unspecified atom stereocenters. The zero-order valence-electron chi connectivity index (χ0n) is 16.8. The van der Waals surface area contributed by atoms with E-state index in [4.69, 9.17) is 4.42 Å². The molecular weight excluding hydrogens is 368 g/mol. The van der Waals surface area contributed by atoms with E-state index >= 15 is 0 Å². The van der Waals surface area contributed by atoms with Crippen molar-refractivity contribution in [3.63, 3.8) is 0 Å². The van der Waals surface area contributed by atoms with E-state index in [2.05, 4.69) is 32.4 Å². The van der Waals surface area contributed by atoms with E-state index in [9.17, 15) is 4.79 Å². The van der Waals surface area contributed by atoms with E-state index in [-0.39, 0.29) is 6.03 Å². The third-order valence-electron chi connectivity index (χ3n) is 5.16. The van der Waals surface area contributed by atoms with Gasteiger partial charge in [-0.2, -0.15) is 5.10 Å². The number of rotatable bonds is 5. The second-order valence-corrected chi connectivity index (χ2v) is 7.35. The molecule has 1 aliphatic rings. The number of aromatic nitrogens is 3. The van der Waals surface area contributed by atoms with E-state index in [1.54, 1.807) is 6.20 Å². The van der Waals surface area contributed by atoms with Crippen molar-refractivity contribution in [3.05, 3.63) is 65.6 Å². The molecule has 8 heteroatoms. The summed E-state index contributed by atoms with van der Waals surface area (Å²) in [5, 5.41) is 7.28. The van der Waals surface area contributed by atoms with Gasteiger partial charge in [-0.05, 0) is 19.4 Å². The molecule has 0 bridgehead atoms. The minimum atomic E-state index is -0.0910. The van der Waals surface area contributed by atoms with Crippen LogP contribution in [0.3, 0.4) is 0 Å². The number of carbonyl (C=O) groups excluding carboxylic acids is 1. The molecule has 29 heavy (non-hydrogen) atoms. The summed E-state index contributed by atoms with van der Waals surface area (Å²) in [6, 6.07) is 10.0. The Morgan fingerprint density at radius 1 is 1.10 bits per heavy atom. The molecule has 4 rings (SSSR count). The summed E-state index contributed by atoms with van der Waals surface area (Å²) in [5.41, 5.74) is 2.81. The van der Waals surface area contributed by atoms with Crippen LogP contribution in [-0.2, 0) is 13.1 Å². The molecule has 0 radical (unpaired) electrons. The number of anilines is 1. The predicted molar refractivity (Wildman–Crippen MR) is 110 cm³/mol. The summed E-state index contributed by atoms with van der Waals surface area (Å²) in [6.45, 7) is 8.15. The van der Waals surface area contributed by atoms with Crippen molar-refractivity contribution in [2.24, 2.45) is 0 Å². The second kappa shape index (κ2) is 8.48. The fraction of sp³-hybridized carbons (Fsp3) is 0.381. The van der Waals surface area contributed by atoms with Crippen molar-refractivity contribution >= 4 is 11.7 Å². The molecule has 3 aromatic rings. The summed E-state index contributed by atoms with van der Waals surface area (Å²) in [5.74, 6) is 1.61. The number of urea groups is 1. The van der Waals surface area contributed by atoms with Crippen molar-refractivity contribution in [1.82, 2.24) is 24.6 Å². The predicted octanol–water partition coefficient (Wildman–Crippen LogP) is 2.89. The third-order valence-corrected chi connectivity index (χ3v) is 5.16. The Labute approximate surface area is 170 Å². The summed E-state index contributed by atoms with van der Waals surface area (Å²) < 4.78 is 7.48. The van der Waals surface area contributed by atoms with Gasteiger partial charge in [-0.1, -0.05) is 30.3 Å². The summed E-state index contributed by atoms with van der Waals surface area (Å²) in [6.07, 6.45) is 3.54. The van der Waals surface area contributed by atoms with Crippen LogP contribution in [0.1, 0.15) is 22.9 Å². The number of benzene rings is 1. The van der Waals surface area contributed by atoms with Crippen LogP contribution in [0.4, 0.5) is 10.5 Å². The van der Waals surface area contributed by atoms with Crippen LogP contribution in [0.25, 0.3) is 0 Å². The number of hydrogen-bond donors (Lipinski definition) is 1.